The summed E-state index contributed by atoms with van der Waals surface area (Å²) >= 11 is 1.41. The summed E-state index contributed by atoms with van der Waals surface area (Å²) < 4.78 is 0. The second-order valence-electron chi connectivity index (χ2n) is 6.23. The Morgan fingerprint density at radius 2 is 1.82 bits per heavy atom. The van der Waals surface area contributed by atoms with E-state index in [1.54, 1.807) is 0 Å². The van der Waals surface area contributed by atoms with Crippen molar-refractivity contribution in [1.82, 2.24) is 20.3 Å². The molecule has 0 aliphatic carbocycles. The van der Waals surface area contributed by atoms with Crippen molar-refractivity contribution >= 4 is 29.0 Å². The van der Waals surface area contributed by atoms with Crippen molar-refractivity contribution in [3.8, 4) is 10.6 Å². The van der Waals surface area contributed by atoms with Crippen LogP contribution in [0.25, 0.3) is 10.6 Å². The van der Waals surface area contributed by atoms with Crippen molar-refractivity contribution in [2.45, 2.75) is 20.8 Å². The molecule has 0 aliphatic heterocycles. The van der Waals surface area contributed by atoms with Crippen LogP contribution in [-0.2, 0) is 0 Å². The standard InChI is InChI=1S/C20H24N6OS/c1-4-21-16-12-13(2)24-20(26-16)23-11-10-22-18(27)17-14(3)25-19(28-17)15-8-6-5-7-9-15/h5-9,12H,4,10-11H2,1-3H3,(H,22,27)(H2,21,23,24,26). The summed E-state index contributed by atoms with van der Waals surface area (Å²) in [5.74, 6) is 1.22. The number of aromatic nitrogens is 3. The molecule has 0 fully saturated rings. The van der Waals surface area contributed by atoms with Gasteiger partial charge >= 0.3 is 0 Å². The van der Waals surface area contributed by atoms with Gasteiger partial charge in [-0.15, -0.1) is 11.3 Å². The zero-order valence-electron chi connectivity index (χ0n) is 16.2. The fraction of sp³-hybridized carbons (Fsp3) is 0.300. The maximum absolute atomic E-state index is 12.5. The Bertz CT molecular complexity index is 941. The van der Waals surface area contributed by atoms with Crippen molar-refractivity contribution < 1.29 is 4.79 Å². The molecule has 146 valence electrons. The van der Waals surface area contributed by atoms with E-state index in [9.17, 15) is 4.79 Å². The third kappa shape index (κ3) is 5.04. The zero-order valence-corrected chi connectivity index (χ0v) is 17.1. The minimum Gasteiger partial charge on any atom is -0.370 e. The second kappa shape index (κ2) is 9.27. The highest BCUT2D eigenvalue weighted by Crippen LogP contribution is 2.27. The van der Waals surface area contributed by atoms with Gasteiger partial charge < -0.3 is 16.0 Å². The van der Waals surface area contributed by atoms with Crippen LogP contribution in [0.4, 0.5) is 11.8 Å². The molecule has 0 saturated carbocycles. The molecule has 28 heavy (non-hydrogen) atoms. The van der Waals surface area contributed by atoms with Crippen molar-refractivity contribution in [2.24, 2.45) is 0 Å². The van der Waals surface area contributed by atoms with Gasteiger partial charge in [-0.05, 0) is 20.8 Å². The van der Waals surface area contributed by atoms with Gasteiger partial charge in [0.05, 0.1) is 5.69 Å². The number of aryl methyl sites for hydroxylation is 2. The van der Waals surface area contributed by atoms with E-state index in [2.05, 4.69) is 30.9 Å². The van der Waals surface area contributed by atoms with Gasteiger partial charge in [0.25, 0.3) is 5.91 Å². The molecule has 0 saturated heterocycles. The summed E-state index contributed by atoms with van der Waals surface area (Å²) in [7, 11) is 0. The van der Waals surface area contributed by atoms with Gasteiger partial charge in [-0.25, -0.2) is 9.97 Å². The summed E-state index contributed by atoms with van der Waals surface area (Å²) in [5, 5.41) is 10.1. The number of rotatable bonds is 8. The molecule has 0 aliphatic rings. The number of thiazole rings is 1. The number of hydrogen-bond donors (Lipinski definition) is 3. The molecule has 3 rings (SSSR count). The van der Waals surface area contributed by atoms with Crippen LogP contribution < -0.4 is 16.0 Å². The van der Waals surface area contributed by atoms with Crippen LogP contribution in [0.1, 0.15) is 28.0 Å². The maximum atomic E-state index is 12.5. The maximum Gasteiger partial charge on any atom is 0.263 e. The topological polar surface area (TPSA) is 91.8 Å². The summed E-state index contributed by atoms with van der Waals surface area (Å²) in [4.78, 5) is 26.4. The van der Waals surface area contributed by atoms with Crippen LogP contribution in [0.2, 0.25) is 0 Å². The monoisotopic (exact) mass is 396 g/mol. The van der Waals surface area contributed by atoms with Crippen molar-refractivity contribution in [2.75, 3.05) is 30.3 Å². The Balaban J connectivity index is 1.55. The summed E-state index contributed by atoms with van der Waals surface area (Å²) in [6.45, 7) is 7.59. The van der Waals surface area contributed by atoms with Gasteiger partial charge in [-0.2, -0.15) is 4.98 Å². The fourth-order valence-corrected chi connectivity index (χ4v) is 3.65. The van der Waals surface area contributed by atoms with Crippen LogP contribution in [0.15, 0.2) is 36.4 Å². The highest BCUT2D eigenvalue weighted by Gasteiger charge is 2.15. The quantitative estimate of drug-likeness (QED) is 0.505. The number of carbonyl (C=O) groups excluding carboxylic acids is 1. The van der Waals surface area contributed by atoms with E-state index in [-0.39, 0.29) is 5.91 Å². The fourth-order valence-electron chi connectivity index (χ4n) is 2.66. The lowest BCUT2D eigenvalue weighted by Gasteiger charge is -2.09. The molecule has 0 bridgehead atoms. The van der Waals surface area contributed by atoms with E-state index >= 15 is 0 Å². The minimum atomic E-state index is -0.113. The molecule has 8 heteroatoms. The lowest BCUT2D eigenvalue weighted by atomic mass is 10.2. The van der Waals surface area contributed by atoms with Crippen LogP contribution in [0.5, 0.6) is 0 Å². The smallest absolute Gasteiger partial charge is 0.263 e. The van der Waals surface area contributed by atoms with E-state index in [4.69, 9.17) is 0 Å². The Morgan fingerprint density at radius 1 is 1.04 bits per heavy atom. The number of amides is 1. The average molecular weight is 397 g/mol. The lowest BCUT2D eigenvalue weighted by Crippen LogP contribution is -2.29. The first kappa shape index (κ1) is 19.8. The SMILES string of the molecule is CCNc1cc(C)nc(NCCNC(=O)c2sc(-c3ccccc3)nc2C)n1. The third-order valence-electron chi connectivity index (χ3n) is 3.93. The second-order valence-corrected chi connectivity index (χ2v) is 7.23. The zero-order chi connectivity index (χ0) is 19.9. The molecule has 1 amide bonds. The average Bonchev–Trinajstić information content (AvgIpc) is 3.07. The number of benzene rings is 1. The number of nitrogens with one attached hydrogen (secondary N) is 3. The van der Waals surface area contributed by atoms with Gasteiger partial charge in [0.2, 0.25) is 5.95 Å². The highest BCUT2D eigenvalue weighted by atomic mass is 32.1. The lowest BCUT2D eigenvalue weighted by molar-refractivity contribution is 0.0958. The molecule has 0 unspecified atom stereocenters. The Kier molecular flexibility index (Phi) is 6.54. The van der Waals surface area contributed by atoms with E-state index in [0.717, 1.165) is 34.3 Å². The summed E-state index contributed by atoms with van der Waals surface area (Å²) in [5.41, 5.74) is 2.64. The minimum absolute atomic E-state index is 0.113. The van der Waals surface area contributed by atoms with Crippen molar-refractivity contribution in [3.63, 3.8) is 0 Å². The molecule has 2 heterocycles. The first-order valence-corrected chi connectivity index (χ1v) is 10.0. The van der Waals surface area contributed by atoms with Crippen LogP contribution >= 0.6 is 11.3 Å². The van der Waals surface area contributed by atoms with Gasteiger partial charge in [0.15, 0.2) is 0 Å². The number of anilines is 2. The molecule has 1 aromatic carbocycles. The van der Waals surface area contributed by atoms with Gasteiger partial charge in [0, 0.05) is 37.0 Å². The molecular weight excluding hydrogens is 372 g/mol. The summed E-state index contributed by atoms with van der Waals surface area (Å²) in [6, 6.07) is 11.8. The molecule has 2 aromatic heterocycles. The van der Waals surface area contributed by atoms with Crippen molar-refractivity contribution in [3.05, 3.63) is 52.7 Å². The van der Waals surface area contributed by atoms with Gasteiger partial charge in [0.1, 0.15) is 15.7 Å². The Morgan fingerprint density at radius 3 is 2.57 bits per heavy atom. The van der Waals surface area contributed by atoms with Crippen LogP contribution in [0.3, 0.4) is 0 Å². The molecule has 0 radical (unpaired) electrons. The molecular formula is C20H24N6OS. The Hall–Kier alpha value is -3.00. The first-order valence-electron chi connectivity index (χ1n) is 9.21. The molecule has 0 spiro atoms. The number of nitrogens with zero attached hydrogens (tertiary/aromatic N) is 3. The molecule has 7 nitrogen and oxygen atoms in total. The predicted octanol–water partition coefficient (Wildman–Crippen LogP) is 3.49. The van der Waals surface area contributed by atoms with E-state index in [1.807, 2.05) is 57.2 Å². The Labute approximate surface area is 168 Å². The van der Waals surface area contributed by atoms with E-state index in [1.165, 1.54) is 11.3 Å². The van der Waals surface area contributed by atoms with E-state index in [0.29, 0.717) is 23.9 Å². The van der Waals surface area contributed by atoms with E-state index < -0.39 is 0 Å². The molecule has 0 atom stereocenters. The van der Waals surface area contributed by atoms with Gasteiger partial charge in [-0.3, -0.25) is 4.79 Å². The highest BCUT2D eigenvalue weighted by molar-refractivity contribution is 7.17. The third-order valence-corrected chi connectivity index (χ3v) is 5.13. The van der Waals surface area contributed by atoms with Crippen LogP contribution in [-0.4, -0.2) is 40.5 Å². The first-order chi connectivity index (χ1) is 13.6. The van der Waals surface area contributed by atoms with Crippen LogP contribution in [0, 0.1) is 13.8 Å². The largest absolute Gasteiger partial charge is 0.370 e. The molecule has 3 aromatic rings. The van der Waals surface area contributed by atoms with Gasteiger partial charge in [-0.1, -0.05) is 30.3 Å². The normalized spacial score (nSPS) is 10.5. The predicted molar refractivity (Wildman–Crippen MR) is 114 cm³/mol. The number of carbonyl (C=O) groups is 1. The summed E-state index contributed by atoms with van der Waals surface area (Å²) in [6.07, 6.45) is 0. The number of hydrogen-bond acceptors (Lipinski definition) is 7. The molecule has 3 N–H and O–H groups in total. The van der Waals surface area contributed by atoms with Crippen molar-refractivity contribution in [1.29, 1.82) is 0 Å².